The van der Waals surface area contributed by atoms with Crippen LogP contribution in [0, 0.1) is 0 Å². The standard InChI is InChI=1S/C11H8BrN5O/c12-9-3-1-8(2-4-9)10-5-13-11(18-10)6-17-7-14-15-16-17/h1-5,7H,6H2. The molecule has 7 heteroatoms. The summed E-state index contributed by atoms with van der Waals surface area (Å²) >= 11 is 3.39. The first-order valence-corrected chi connectivity index (χ1v) is 6.02. The number of hydrogen-bond acceptors (Lipinski definition) is 5. The van der Waals surface area contributed by atoms with Gasteiger partial charge in [0, 0.05) is 10.0 Å². The Bertz CT molecular complexity index is 632. The lowest BCUT2D eigenvalue weighted by Gasteiger charge is -1.96. The normalized spacial score (nSPS) is 10.7. The predicted molar refractivity (Wildman–Crippen MR) is 66.6 cm³/mol. The molecule has 0 aliphatic carbocycles. The van der Waals surface area contributed by atoms with Gasteiger partial charge in [-0.3, -0.25) is 0 Å². The van der Waals surface area contributed by atoms with E-state index in [1.54, 1.807) is 10.9 Å². The Kier molecular flexibility index (Phi) is 2.89. The maximum atomic E-state index is 5.64. The minimum atomic E-state index is 0.420. The Morgan fingerprint density at radius 2 is 2.06 bits per heavy atom. The van der Waals surface area contributed by atoms with E-state index in [2.05, 4.69) is 36.4 Å². The Labute approximate surface area is 111 Å². The second-order valence-electron chi connectivity index (χ2n) is 3.63. The van der Waals surface area contributed by atoms with Gasteiger partial charge in [0.05, 0.1) is 6.20 Å². The fourth-order valence-corrected chi connectivity index (χ4v) is 1.79. The van der Waals surface area contributed by atoms with Crippen LogP contribution >= 0.6 is 15.9 Å². The number of rotatable bonds is 3. The van der Waals surface area contributed by atoms with E-state index < -0.39 is 0 Å². The highest BCUT2D eigenvalue weighted by Crippen LogP contribution is 2.22. The van der Waals surface area contributed by atoms with Crippen molar-refractivity contribution in [3.8, 4) is 11.3 Å². The highest BCUT2D eigenvalue weighted by Gasteiger charge is 2.07. The lowest BCUT2D eigenvalue weighted by Crippen LogP contribution is -2.00. The lowest BCUT2D eigenvalue weighted by molar-refractivity contribution is 0.469. The van der Waals surface area contributed by atoms with Gasteiger partial charge in [0.25, 0.3) is 0 Å². The molecule has 0 spiro atoms. The van der Waals surface area contributed by atoms with Gasteiger partial charge in [-0.05, 0) is 22.6 Å². The molecule has 0 aliphatic rings. The van der Waals surface area contributed by atoms with Crippen LogP contribution in [0.15, 0.2) is 45.7 Å². The first kappa shape index (κ1) is 11.1. The number of oxazole rings is 1. The summed E-state index contributed by atoms with van der Waals surface area (Å²) in [5, 5.41) is 10.9. The molecular weight excluding hydrogens is 298 g/mol. The molecule has 18 heavy (non-hydrogen) atoms. The zero-order valence-corrected chi connectivity index (χ0v) is 10.8. The van der Waals surface area contributed by atoms with Crippen molar-refractivity contribution in [1.29, 1.82) is 0 Å². The molecule has 90 valence electrons. The zero-order chi connectivity index (χ0) is 12.4. The molecule has 0 amide bonds. The summed E-state index contributed by atoms with van der Waals surface area (Å²) < 4.78 is 8.22. The van der Waals surface area contributed by atoms with Gasteiger partial charge >= 0.3 is 0 Å². The van der Waals surface area contributed by atoms with Crippen molar-refractivity contribution in [3.05, 3.63) is 47.2 Å². The molecular formula is C11H8BrN5O. The number of tetrazole rings is 1. The molecule has 0 atom stereocenters. The molecule has 0 saturated carbocycles. The van der Waals surface area contributed by atoms with Crippen LogP contribution < -0.4 is 0 Å². The summed E-state index contributed by atoms with van der Waals surface area (Å²) in [5.74, 6) is 1.30. The molecule has 3 rings (SSSR count). The van der Waals surface area contributed by atoms with Crippen LogP contribution in [0.1, 0.15) is 5.89 Å². The maximum absolute atomic E-state index is 5.64. The van der Waals surface area contributed by atoms with Gasteiger partial charge in [-0.1, -0.05) is 28.1 Å². The fourth-order valence-electron chi connectivity index (χ4n) is 1.52. The number of halogens is 1. The van der Waals surface area contributed by atoms with Gasteiger partial charge < -0.3 is 4.42 Å². The molecule has 1 aromatic carbocycles. The summed E-state index contributed by atoms with van der Waals surface area (Å²) in [6.45, 7) is 0.420. The van der Waals surface area contributed by atoms with Crippen LogP contribution in [0.2, 0.25) is 0 Å². The Hall–Kier alpha value is -2.02. The Balaban J connectivity index is 1.83. The van der Waals surface area contributed by atoms with E-state index in [1.807, 2.05) is 24.3 Å². The molecule has 0 saturated heterocycles. The number of hydrogen-bond donors (Lipinski definition) is 0. The number of aromatic nitrogens is 5. The van der Waals surface area contributed by atoms with E-state index in [0.717, 1.165) is 15.8 Å². The Morgan fingerprint density at radius 3 is 2.78 bits per heavy atom. The minimum Gasteiger partial charge on any atom is -0.439 e. The van der Waals surface area contributed by atoms with E-state index in [0.29, 0.717) is 12.4 Å². The molecule has 0 aliphatic heterocycles. The first-order valence-electron chi connectivity index (χ1n) is 5.23. The van der Waals surface area contributed by atoms with Gasteiger partial charge in [0.2, 0.25) is 5.89 Å². The monoisotopic (exact) mass is 305 g/mol. The van der Waals surface area contributed by atoms with Gasteiger partial charge in [-0.2, -0.15) is 0 Å². The van der Waals surface area contributed by atoms with Crippen molar-refractivity contribution >= 4 is 15.9 Å². The van der Waals surface area contributed by atoms with Crippen molar-refractivity contribution in [2.45, 2.75) is 6.54 Å². The zero-order valence-electron chi connectivity index (χ0n) is 9.19. The summed E-state index contributed by atoms with van der Waals surface area (Å²) in [4.78, 5) is 4.20. The second kappa shape index (κ2) is 4.69. The van der Waals surface area contributed by atoms with Gasteiger partial charge in [-0.15, -0.1) is 5.10 Å². The first-order chi connectivity index (χ1) is 8.81. The van der Waals surface area contributed by atoms with Crippen molar-refractivity contribution in [2.75, 3.05) is 0 Å². The third kappa shape index (κ3) is 2.30. The molecule has 2 heterocycles. The van der Waals surface area contributed by atoms with E-state index in [9.17, 15) is 0 Å². The largest absolute Gasteiger partial charge is 0.439 e. The average Bonchev–Trinajstić information content (AvgIpc) is 3.02. The molecule has 0 radical (unpaired) electrons. The highest BCUT2D eigenvalue weighted by molar-refractivity contribution is 9.10. The minimum absolute atomic E-state index is 0.420. The van der Waals surface area contributed by atoms with Crippen molar-refractivity contribution in [2.24, 2.45) is 0 Å². The van der Waals surface area contributed by atoms with Crippen LogP contribution in [0.3, 0.4) is 0 Å². The van der Waals surface area contributed by atoms with Crippen LogP contribution in [0.5, 0.6) is 0 Å². The molecule has 2 aromatic heterocycles. The predicted octanol–water partition coefficient (Wildman–Crippen LogP) is 2.14. The van der Waals surface area contributed by atoms with E-state index in [1.165, 1.54) is 6.33 Å². The quantitative estimate of drug-likeness (QED) is 0.741. The fraction of sp³-hybridized carbons (Fsp3) is 0.0909. The van der Waals surface area contributed by atoms with Crippen LogP contribution in [-0.4, -0.2) is 25.2 Å². The molecule has 3 aromatic rings. The van der Waals surface area contributed by atoms with Gasteiger partial charge in [0.15, 0.2) is 5.76 Å². The van der Waals surface area contributed by atoms with Crippen LogP contribution in [0.25, 0.3) is 11.3 Å². The summed E-state index contributed by atoms with van der Waals surface area (Å²) in [6, 6.07) is 7.84. The highest BCUT2D eigenvalue weighted by atomic mass is 79.9. The summed E-state index contributed by atoms with van der Waals surface area (Å²) in [5.41, 5.74) is 0.980. The molecule has 0 bridgehead atoms. The molecule has 6 nitrogen and oxygen atoms in total. The van der Waals surface area contributed by atoms with E-state index in [-0.39, 0.29) is 0 Å². The van der Waals surface area contributed by atoms with Crippen molar-refractivity contribution < 1.29 is 4.42 Å². The van der Waals surface area contributed by atoms with Crippen molar-refractivity contribution in [1.82, 2.24) is 25.2 Å². The second-order valence-corrected chi connectivity index (χ2v) is 4.55. The number of benzene rings is 1. The molecule has 0 fully saturated rings. The summed E-state index contributed by atoms with van der Waals surface area (Å²) in [6.07, 6.45) is 3.21. The molecule has 0 unspecified atom stereocenters. The van der Waals surface area contributed by atoms with Gasteiger partial charge in [0.1, 0.15) is 12.9 Å². The van der Waals surface area contributed by atoms with Gasteiger partial charge in [-0.25, -0.2) is 9.67 Å². The van der Waals surface area contributed by atoms with Crippen LogP contribution in [-0.2, 0) is 6.54 Å². The van der Waals surface area contributed by atoms with E-state index >= 15 is 0 Å². The smallest absolute Gasteiger partial charge is 0.216 e. The third-order valence-corrected chi connectivity index (χ3v) is 2.90. The van der Waals surface area contributed by atoms with E-state index in [4.69, 9.17) is 4.42 Å². The van der Waals surface area contributed by atoms with Crippen molar-refractivity contribution in [3.63, 3.8) is 0 Å². The SMILES string of the molecule is Brc1ccc(-c2cnc(Cn3cnnn3)o2)cc1. The van der Waals surface area contributed by atoms with Crippen LogP contribution in [0.4, 0.5) is 0 Å². The maximum Gasteiger partial charge on any atom is 0.216 e. The third-order valence-electron chi connectivity index (χ3n) is 2.37. The molecule has 0 N–H and O–H groups in total. The Morgan fingerprint density at radius 1 is 1.22 bits per heavy atom. The number of nitrogens with zero attached hydrogens (tertiary/aromatic N) is 5. The average molecular weight is 306 g/mol. The topological polar surface area (TPSA) is 69.6 Å². The summed E-state index contributed by atoms with van der Waals surface area (Å²) in [7, 11) is 0. The lowest BCUT2D eigenvalue weighted by atomic mass is 10.2.